The summed E-state index contributed by atoms with van der Waals surface area (Å²) in [7, 11) is -0.919. The van der Waals surface area contributed by atoms with Crippen molar-refractivity contribution in [3.05, 3.63) is 12.4 Å². The number of hydrogen-bond donors (Lipinski definition) is 0. The minimum atomic E-state index is -0.919. The Morgan fingerprint density at radius 2 is 2.36 bits per heavy atom. The standard InChI is InChI=1S/C7H12N2OS/c1-3-9-6-5-8-7(9)11(10)4-2/h5-6H,3-4H2,1-2H3. The van der Waals surface area contributed by atoms with Gasteiger partial charge < -0.3 is 4.57 Å². The van der Waals surface area contributed by atoms with E-state index in [-0.39, 0.29) is 0 Å². The first-order chi connectivity index (χ1) is 5.29. The van der Waals surface area contributed by atoms with Crippen LogP contribution in [0.2, 0.25) is 0 Å². The van der Waals surface area contributed by atoms with Gasteiger partial charge in [0.1, 0.15) is 0 Å². The smallest absolute Gasteiger partial charge is 0.198 e. The van der Waals surface area contributed by atoms with E-state index in [2.05, 4.69) is 4.98 Å². The monoisotopic (exact) mass is 172 g/mol. The second-order valence-corrected chi connectivity index (χ2v) is 3.76. The van der Waals surface area contributed by atoms with Crippen LogP contribution >= 0.6 is 0 Å². The highest BCUT2D eigenvalue weighted by Gasteiger charge is 2.06. The van der Waals surface area contributed by atoms with Crippen LogP contribution in [0.25, 0.3) is 0 Å². The molecule has 1 unspecified atom stereocenters. The van der Waals surface area contributed by atoms with Gasteiger partial charge in [0.15, 0.2) is 5.16 Å². The second kappa shape index (κ2) is 3.67. The molecular formula is C7H12N2OS. The molecule has 3 nitrogen and oxygen atoms in total. The Labute approximate surface area is 68.9 Å². The Hall–Kier alpha value is -0.640. The fourth-order valence-corrected chi connectivity index (χ4v) is 1.76. The molecule has 0 radical (unpaired) electrons. The number of imidazole rings is 1. The lowest BCUT2D eigenvalue weighted by atomic mass is 10.7. The highest BCUT2D eigenvalue weighted by Crippen LogP contribution is 2.03. The largest absolute Gasteiger partial charge is 0.324 e. The van der Waals surface area contributed by atoms with Crippen LogP contribution in [0, 0.1) is 0 Å². The molecule has 1 heterocycles. The lowest BCUT2D eigenvalue weighted by molar-refractivity contribution is 0.640. The fraction of sp³-hybridized carbons (Fsp3) is 0.571. The van der Waals surface area contributed by atoms with E-state index in [0.717, 1.165) is 6.54 Å². The van der Waals surface area contributed by atoms with E-state index in [9.17, 15) is 4.21 Å². The third-order valence-electron chi connectivity index (χ3n) is 1.48. The molecule has 1 aromatic rings. The SMILES string of the molecule is CCn1ccnc1S(=O)CC. The summed E-state index contributed by atoms with van der Waals surface area (Å²) in [6, 6.07) is 0. The van der Waals surface area contributed by atoms with Gasteiger partial charge in [-0.2, -0.15) is 0 Å². The van der Waals surface area contributed by atoms with Crippen LogP contribution in [0.4, 0.5) is 0 Å². The Balaban J connectivity index is 2.92. The topological polar surface area (TPSA) is 34.9 Å². The Bertz CT molecular complexity index is 257. The van der Waals surface area contributed by atoms with Crippen molar-refractivity contribution in [2.75, 3.05) is 5.75 Å². The fourth-order valence-electron chi connectivity index (χ4n) is 0.875. The maximum atomic E-state index is 11.3. The molecule has 0 aliphatic heterocycles. The number of nitrogens with zero attached hydrogens (tertiary/aromatic N) is 2. The van der Waals surface area contributed by atoms with E-state index in [1.165, 1.54) is 0 Å². The molecule has 0 aromatic carbocycles. The summed E-state index contributed by atoms with van der Waals surface area (Å²) < 4.78 is 13.2. The maximum absolute atomic E-state index is 11.3. The average molecular weight is 172 g/mol. The van der Waals surface area contributed by atoms with Crippen LogP contribution in [-0.4, -0.2) is 19.5 Å². The first kappa shape index (κ1) is 8.46. The third kappa shape index (κ3) is 1.68. The van der Waals surface area contributed by atoms with Crippen LogP contribution in [0.1, 0.15) is 13.8 Å². The Morgan fingerprint density at radius 1 is 1.64 bits per heavy atom. The molecule has 0 N–H and O–H groups in total. The quantitative estimate of drug-likeness (QED) is 0.682. The van der Waals surface area contributed by atoms with Gasteiger partial charge in [0.2, 0.25) is 0 Å². The van der Waals surface area contributed by atoms with Gasteiger partial charge in [0.05, 0.1) is 10.8 Å². The van der Waals surface area contributed by atoms with E-state index in [0.29, 0.717) is 10.9 Å². The van der Waals surface area contributed by atoms with Crippen molar-refractivity contribution in [2.45, 2.75) is 25.5 Å². The summed E-state index contributed by atoms with van der Waals surface area (Å²) in [5, 5.41) is 0.690. The second-order valence-electron chi connectivity index (χ2n) is 2.13. The Kier molecular flexibility index (Phi) is 2.82. The molecule has 11 heavy (non-hydrogen) atoms. The summed E-state index contributed by atoms with van der Waals surface area (Å²) in [5.74, 6) is 0.636. The zero-order valence-corrected chi connectivity index (χ0v) is 7.60. The summed E-state index contributed by atoms with van der Waals surface area (Å²) >= 11 is 0. The van der Waals surface area contributed by atoms with Gasteiger partial charge in [-0.3, -0.25) is 4.21 Å². The number of aryl methyl sites for hydroxylation is 1. The minimum Gasteiger partial charge on any atom is -0.324 e. The molecule has 0 bridgehead atoms. The van der Waals surface area contributed by atoms with E-state index in [1.54, 1.807) is 6.20 Å². The average Bonchev–Trinajstić information content (AvgIpc) is 2.50. The molecule has 0 aliphatic rings. The number of hydrogen-bond acceptors (Lipinski definition) is 2. The highest BCUT2D eigenvalue weighted by atomic mass is 32.2. The highest BCUT2D eigenvalue weighted by molar-refractivity contribution is 7.84. The van der Waals surface area contributed by atoms with Crippen molar-refractivity contribution in [1.82, 2.24) is 9.55 Å². The number of aromatic nitrogens is 2. The van der Waals surface area contributed by atoms with E-state index in [4.69, 9.17) is 0 Å². The molecule has 1 rings (SSSR count). The molecule has 0 fully saturated rings. The van der Waals surface area contributed by atoms with Crippen molar-refractivity contribution >= 4 is 10.8 Å². The van der Waals surface area contributed by atoms with Gasteiger partial charge in [0.25, 0.3) is 0 Å². The predicted octanol–water partition coefficient (Wildman–Crippen LogP) is 1.03. The molecule has 62 valence electrons. The van der Waals surface area contributed by atoms with E-state index in [1.807, 2.05) is 24.6 Å². The van der Waals surface area contributed by atoms with Crippen molar-refractivity contribution in [3.63, 3.8) is 0 Å². The minimum absolute atomic E-state index is 0.636. The van der Waals surface area contributed by atoms with E-state index >= 15 is 0 Å². The van der Waals surface area contributed by atoms with Gasteiger partial charge in [-0.05, 0) is 6.92 Å². The summed E-state index contributed by atoms with van der Waals surface area (Å²) in [6.45, 7) is 4.74. The van der Waals surface area contributed by atoms with Crippen LogP contribution in [0.5, 0.6) is 0 Å². The van der Waals surface area contributed by atoms with E-state index < -0.39 is 10.8 Å². The zero-order chi connectivity index (χ0) is 8.27. The van der Waals surface area contributed by atoms with Crippen molar-refractivity contribution < 1.29 is 4.21 Å². The van der Waals surface area contributed by atoms with Gasteiger partial charge in [-0.1, -0.05) is 6.92 Å². The van der Waals surface area contributed by atoms with Crippen molar-refractivity contribution in [1.29, 1.82) is 0 Å². The molecule has 1 atom stereocenters. The zero-order valence-electron chi connectivity index (χ0n) is 6.78. The van der Waals surface area contributed by atoms with Gasteiger partial charge in [0, 0.05) is 24.7 Å². The van der Waals surface area contributed by atoms with Crippen molar-refractivity contribution in [3.8, 4) is 0 Å². The van der Waals surface area contributed by atoms with Gasteiger partial charge in [-0.25, -0.2) is 4.98 Å². The van der Waals surface area contributed by atoms with Crippen LogP contribution < -0.4 is 0 Å². The lowest BCUT2D eigenvalue weighted by Gasteiger charge is -2.00. The van der Waals surface area contributed by atoms with Gasteiger partial charge in [-0.15, -0.1) is 0 Å². The molecular weight excluding hydrogens is 160 g/mol. The summed E-state index contributed by atoms with van der Waals surface area (Å²) in [6.07, 6.45) is 3.54. The molecule has 4 heteroatoms. The van der Waals surface area contributed by atoms with Crippen LogP contribution in [0.3, 0.4) is 0 Å². The van der Waals surface area contributed by atoms with Crippen LogP contribution in [-0.2, 0) is 17.3 Å². The summed E-state index contributed by atoms with van der Waals surface area (Å²) in [4.78, 5) is 4.02. The summed E-state index contributed by atoms with van der Waals surface area (Å²) in [5.41, 5.74) is 0. The molecule has 0 saturated carbocycles. The van der Waals surface area contributed by atoms with Gasteiger partial charge >= 0.3 is 0 Å². The maximum Gasteiger partial charge on any atom is 0.198 e. The Morgan fingerprint density at radius 3 is 2.91 bits per heavy atom. The number of rotatable bonds is 3. The van der Waals surface area contributed by atoms with Crippen LogP contribution in [0.15, 0.2) is 17.6 Å². The predicted molar refractivity (Wildman–Crippen MR) is 44.9 cm³/mol. The normalized spacial score (nSPS) is 13.3. The van der Waals surface area contributed by atoms with Crippen molar-refractivity contribution in [2.24, 2.45) is 0 Å². The molecule has 0 spiro atoms. The first-order valence-electron chi connectivity index (χ1n) is 3.69. The molecule has 1 aromatic heterocycles. The lowest BCUT2D eigenvalue weighted by Crippen LogP contribution is -2.04. The third-order valence-corrected chi connectivity index (χ3v) is 2.76. The molecule has 0 aliphatic carbocycles. The molecule has 0 amide bonds. The first-order valence-corrected chi connectivity index (χ1v) is 5.01. The molecule has 0 saturated heterocycles.